The maximum atomic E-state index is 12.6. The molecule has 0 aliphatic carbocycles. The van der Waals surface area contributed by atoms with E-state index in [1.807, 2.05) is 25.1 Å². The van der Waals surface area contributed by atoms with E-state index in [1.54, 1.807) is 25.1 Å². The molecule has 1 heterocycles. The van der Waals surface area contributed by atoms with Crippen LogP contribution in [0.15, 0.2) is 48.5 Å². The number of aromatic nitrogens is 2. The third-order valence-electron chi connectivity index (χ3n) is 4.31. The summed E-state index contributed by atoms with van der Waals surface area (Å²) in [5, 5.41) is 6.74. The van der Waals surface area contributed by atoms with Crippen LogP contribution in [-0.2, 0) is 6.54 Å². The number of hydrogen-bond acceptors (Lipinski definition) is 4. The Morgan fingerprint density at radius 3 is 2.59 bits per heavy atom. The van der Waals surface area contributed by atoms with E-state index in [0.29, 0.717) is 34.6 Å². The summed E-state index contributed by atoms with van der Waals surface area (Å²) in [6.07, 6.45) is 0. The molecule has 0 aliphatic heterocycles. The van der Waals surface area contributed by atoms with Crippen molar-refractivity contribution in [1.82, 2.24) is 9.97 Å². The molecule has 0 radical (unpaired) electrons. The van der Waals surface area contributed by atoms with Crippen molar-refractivity contribution in [3.05, 3.63) is 81.8 Å². The van der Waals surface area contributed by atoms with Crippen LogP contribution in [0.3, 0.4) is 0 Å². The summed E-state index contributed by atoms with van der Waals surface area (Å²) >= 11 is 6.12. The summed E-state index contributed by atoms with van der Waals surface area (Å²) in [4.78, 5) is 21.3. The molecular formula is C21H21ClN4O. The highest BCUT2D eigenvalue weighted by Crippen LogP contribution is 2.23. The second kappa shape index (κ2) is 8.18. The average molecular weight is 381 g/mol. The van der Waals surface area contributed by atoms with Gasteiger partial charge in [0.15, 0.2) is 0 Å². The SMILES string of the molecule is Cc1nc(NCc2ccccc2C)cc(C(=O)Nc2cccc(Cl)c2C)n1. The fourth-order valence-corrected chi connectivity index (χ4v) is 2.87. The van der Waals surface area contributed by atoms with Gasteiger partial charge >= 0.3 is 0 Å². The molecular weight excluding hydrogens is 360 g/mol. The predicted molar refractivity (Wildman–Crippen MR) is 109 cm³/mol. The quantitative estimate of drug-likeness (QED) is 0.659. The van der Waals surface area contributed by atoms with E-state index < -0.39 is 0 Å². The van der Waals surface area contributed by atoms with Crippen LogP contribution in [0.2, 0.25) is 5.02 Å². The molecule has 6 heteroatoms. The molecule has 2 aromatic carbocycles. The van der Waals surface area contributed by atoms with Crippen LogP contribution in [0.4, 0.5) is 11.5 Å². The summed E-state index contributed by atoms with van der Waals surface area (Å²) < 4.78 is 0. The van der Waals surface area contributed by atoms with Crippen molar-refractivity contribution < 1.29 is 4.79 Å². The molecule has 5 nitrogen and oxygen atoms in total. The van der Waals surface area contributed by atoms with Crippen molar-refractivity contribution in [2.24, 2.45) is 0 Å². The van der Waals surface area contributed by atoms with Crippen LogP contribution in [-0.4, -0.2) is 15.9 Å². The van der Waals surface area contributed by atoms with Crippen molar-refractivity contribution in [2.75, 3.05) is 10.6 Å². The molecule has 138 valence electrons. The Morgan fingerprint density at radius 1 is 1.04 bits per heavy atom. The fraction of sp³-hybridized carbons (Fsp3) is 0.190. The molecule has 27 heavy (non-hydrogen) atoms. The summed E-state index contributed by atoms with van der Waals surface area (Å²) in [5.74, 6) is 0.835. The highest BCUT2D eigenvalue weighted by Gasteiger charge is 2.13. The number of nitrogens with zero attached hydrogens (tertiary/aromatic N) is 2. The van der Waals surface area contributed by atoms with Gasteiger partial charge in [-0.05, 0) is 49.6 Å². The standard InChI is InChI=1S/C21H21ClN4O/c1-13-7-4-5-8-16(13)12-23-20-11-19(24-15(3)25-20)21(27)26-18-10-6-9-17(22)14(18)2/h4-11H,12H2,1-3H3,(H,26,27)(H,23,24,25). The van der Waals surface area contributed by atoms with Crippen molar-refractivity contribution in [3.63, 3.8) is 0 Å². The molecule has 3 rings (SSSR count). The van der Waals surface area contributed by atoms with Gasteiger partial charge in [0.25, 0.3) is 5.91 Å². The smallest absolute Gasteiger partial charge is 0.274 e. The van der Waals surface area contributed by atoms with E-state index >= 15 is 0 Å². The van der Waals surface area contributed by atoms with Crippen LogP contribution >= 0.6 is 11.6 Å². The van der Waals surface area contributed by atoms with Gasteiger partial charge in [-0.25, -0.2) is 9.97 Å². The lowest BCUT2D eigenvalue weighted by atomic mass is 10.1. The molecule has 0 spiro atoms. The van der Waals surface area contributed by atoms with Gasteiger partial charge in [0.2, 0.25) is 0 Å². The lowest BCUT2D eigenvalue weighted by Gasteiger charge is -2.12. The van der Waals surface area contributed by atoms with Crippen molar-refractivity contribution in [3.8, 4) is 0 Å². The third kappa shape index (κ3) is 4.63. The van der Waals surface area contributed by atoms with Gasteiger partial charge in [0.1, 0.15) is 17.3 Å². The second-order valence-electron chi connectivity index (χ2n) is 6.33. The molecule has 1 amide bonds. The monoisotopic (exact) mass is 380 g/mol. The van der Waals surface area contributed by atoms with Crippen molar-refractivity contribution >= 4 is 29.0 Å². The Hall–Kier alpha value is -2.92. The van der Waals surface area contributed by atoms with E-state index in [9.17, 15) is 4.79 Å². The predicted octanol–water partition coefficient (Wildman–Crippen LogP) is 4.92. The first-order valence-corrected chi connectivity index (χ1v) is 9.02. The first-order valence-electron chi connectivity index (χ1n) is 8.64. The maximum absolute atomic E-state index is 12.6. The summed E-state index contributed by atoms with van der Waals surface area (Å²) in [5.41, 5.74) is 4.16. The van der Waals surface area contributed by atoms with Gasteiger partial charge in [-0.2, -0.15) is 0 Å². The minimum atomic E-state index is -0.301. The lowest BCUT2D eigenvalue weighted by Crippen LogP contribution is -2.16. The van der Waals surface area contributed by atoms with Gasteiger partial charge < -0.3 is 10.6 Å². The number of anilines is 2. The topological polar surface area (TPSA) is 66.9 Å². The van der Waals surface area contributed by atoms with Gasteiger partial charge in [-0.15, -0.1) is 0 Å². The molecule has 0 saturated heterocycles. The second-order valence-corrected chi connectivity index (χ2v) is 6.74. The van der Waals surface area contributed by atoms with Gasteiger partial charge in [-0.3, -0.25) is 4.79 Å². The number of carbonyl (C=O) groups excluding carboxylic acids is 1. The van der Waals surface area contributed by atoms with Crippen molar-refractivity contribution in [1.29, 1.82) is 0 Å². The van der Waals surface area contributed by atoms with Gasteiger partial charge in [-0.1, -0.05) is 41.9 Å². The van der Waals surface area contributed by atoms with Crippen LogP contribution in [0, 0.1) is 20.8 Å². The number of rotatable bonds is 5. The largest absolute Gasteiger partial charge is 0.366 e. The van der Waals surface area contributed by atoms with E-state index in [1.165, 1.54) is 11.1 Å². The highest BCUT2D eigenvalue weighted by molar-refractivity contribution is 6.31. The molecule has 0 bridgehead atoms. The molecule has 0 atom stereocenters. The minimum absolute atomic E-state index is 0.300. The van der Waals surface area contributed by atoms with Crippen LogP contribution < -0.4 is 10.6 Å². The van der Waals surface area contributed by atoms with Crippen molar-refractivity contribution in [2.45, 2.75) is 27.3 Å². The first kappa shape index (κ1) is 18.9. The van der Waals surface area contributed by atoms with Crippen LogP contribution in [0.5, 0.6) is 0 Å². The Bertz CT molecular complexity index is 988. The van der Waals surface area contributed by atoms with Gasteiger partial charge in [0, 0.05) is 23.3 Å². The Labute approximate surface area is 163 Å². The third-order valence-corrected chi connectivity index (χ3v) is 4.72. The Morgan fingerprint density at radius 2 is 1.81 bits per heavy atom. The fourth-order valence-electron chi connectivity index (χ4n) is 2.70. The average Bonchev–Trinajstić information content (AvgIpc) is 2.64. The number of carbonyl (C=O) groups is 1. The van der Waals surface area contributed by atoms with E-state index in [2.05, 4.69) is 39.7 Å². The van der Waals surface area contributed by atoms with Gasteiger partial charge in [0.05, 0.1) is 0 Å². The molecule has 0 aliphatic rings. The highest BCUT2D eigenvalue weighted by atomic mass is 35.5. The summed E-state index contributed by atoms with van der Waals surface area (Å²) in [6.45, 7) is 6.31. The minimum Gasteiger partial charge on any atom is -0.366 e. The Kier molecular flexibility index (Phi) is 5.72. The number of nitrogens with one attached hydrogen (secondary N) is 2. The van der Waals surface area contributed by atoms with Crippen LogP contribution in [0.1, 0.15) is 33.0 Å². The molecule has 0 saturated carbocycles. The number of aryl methyl sites for hydroxylation is 2. The molecule has 1 aromatic heterocycles. The first-order chi connectivity index (χ1) is 12.9. The van der Waals surface area contributed by atoms with E-state index in [-0.39, 0.29) is 5.91 Å². The molecule has 3 aromatic rings. The summed E-state index contributed by atoms with van der Waals surface area (Å²) in [7, 11) is 0. The number of halogens is 1. The zero-order chi connectivity index (χ0) is 19.4. The normalized spacial score (nSPS) is 10.5. The summed E-state index contributed by atoms with van der Waals surface area (Å²) in [6, 6.07) is 15.2. The Balaban J connectivity index is 1.77. The number of benzene rings is 2. The molecule has 2 N–H and O–H groups in total. The molecule has 0 fully saturated rings. The molecule has 0 unspecified atom stereocenters. The zero-order valence-electron chi connectivity index (χ0n) is 15.5. The maximum Gasteiger partial charge on any atom is 0.274 e. The number of amides is 1. The van der Waals surface area contributed by atoms with Crippen LogP contribution in [0.25, 0.3) is 0 Å². The van der Waals surface area contributed by atoms with E-state index in [4.69, 9.17) is 11.6 Å². The zero-order valence-corrected chi connectivity index (χ0v) is 16.3. The number of hydrogen-bond donors (Lipinski definition) is 2. The van der Waals surface area contributed by atoms with E-state index in [0.717, 1.165) is 5.56 Å². The lowest BCUT2D eigenvalue weighted by molar-refractivity contribution is 0.102.